The average molecular weight is 299 g/mol. The Bertz CT molecular complexity index is 467. The van der Waals surface area contributed by atoms with E-state index in [1.54, 1.807) is 18.2 Å². The van der Waals surface area contributed by atoms with Crippen LogP contribution in [0.15, 0.2) is 24.3 Å². The van der Waals surface area contributed by atoms with Crippen molar-refractivity contribution in [2.45, 2.75) is 45.5 Å². The van der Waals surface area contributed by atoms with Crippen LogP contribution in [-0.2, 0) is 4.74 Å². The summed E-state index contributed by atoms with van der Waals surface area (Å²) in [5.41, 5.74) is 0.370. The van der Waals surface area contributed by atoms with E-state index in [0.29, 0.717) is 18.0 Å². The lowest BCUT2D eigenvalue weighted by Crippen LogP contribution is -2.49. The quantitative estimate of drug-likeness (QED) is 0.898. The largest absolute Gasteiger partial charge is 0.434 e. The molecule has 0 spiro atoms. The van der Waals surface area contributed by atoms with Gasteiger partial charge in [-0.2, -0.15) is 8.78 Å². The summed E-state index contributed by atoms with van der Waals surface area (Å²) in [6, 6.07) is 6.83. The van der Waals surface area contributed by atoms with Crippen molar-refractivity contribution in [2.75, 3.05) is 13.1 Å². The second kappa shape index (κ2) is 6.71. The molecule has 21 heavy (non-hydrogen) atoms. The van der Waals surface area contributed by atoms with Gasteiger partial charge in [0.15, 0.2) is 0 Å². The van der Waals surface area contributed by atoms with E-state index in [1.165, 1.54) is 0 Å². The third-order valence-corrected chi connectivity index (χ3v) is 3.58. The summed E-state index contributed by atoms with van der Waals surface area (Å²) in [5, 5.41) is 3.34. The summed E-state index contributed by atoms with van der Waals surface area (Å²) >= 11 is 0. The van der Waals surface area contributed by atoms with Gasteiger partial charge in [0.25, 0.3) is 0 Å². The van der Waals surface area contributed by atoms with Gasteiger partial charge in [-0.3, -0.25) is 0 Å². The van der Waals surface area contributed by atoms with Gasteiger partial charge < -0.3 is 14.8 Å². The Kier molecular flexibility index (Phi) is 5.17. The molecule has 0 radical (unpaired) electrons. The van der Waals surface area contributed by atoms with Gasteiger partial charge in [-0.05, 0) is 25.3 Å². The minimum absolute atomic E-state index is 0.188. The first-order valence-corrected chi connectivity index (χ1v) is 7.32. The number of ether oxygens (including phenoxy) is 2. The molecule has 2 atom stereocenters. The van der Waals surface area contributed by atoms with Gasteiger partial charge in [0.05, 0.1) is 11.7 Å². The molecule has 1 heterocycles. The second-order valence-electron chi connectivity index (χ2n) is 6.20. The zero-order valence-electron chi connectivity index (χ0n) is 12.7. The first kappa shape index (κ1) is 16.2. The topological polar surface area (TPSA) is 30.5 Å². The number of halogens is 2. The van der Waals surface area contributed by atoms with E-state index in [9.17, 15) is 8.78 Å². The third-order valence-electron chi connectivity index (χ3n) is 3.58. The maximum Gasteiger partial charge on any atom is 0.387 e. The van der Waals surface area contributed by atoms with Crippen LogP contribution in [0.1, 0.15) is 38.9 Å². The van der Waals surface area contributed by atoms with Gasteiger partial charge >= 0.3 is 6.61 Å². The van der Waals surface area contributed by atoms with Gasteiger partial charge in [-0.25, -0.2) is 0 Å². The highest BCUT2D eigenvalue weighted by molar-refractivity contribution is 5.35. The molecule has 1 aromatic carbocycles. The lowest BCUT2D eigenvalue weighted by molar-refractivity contribution is -0.119. The molecule has 2 unspecified atom stereocenters. The average Bonchev–Trinajstić information content (AvgIpc) is 2.37. The number of benzene rings is 1. The molecule has 5 heteroatoms. The van der Waals surface area contributed by atoms with Crippen molar-refractivity contribution < 1.29 is 18.3 Å². The molecule has 118 valence electrons. The SMILES string of the molecule is CC(C)CC1(C)CNCC(c2ccccc2OC(F)F)O1. The van der Waals surface area contributed by atoms with Gasteiger partial charge in [0.1, 0.15) is 5.75 Å². The molecule has 1 saturated heterocycles. The summed E-state index contributed by atoms with van der Waals surface area (Å²) in [5.74, 6) is 0.691. The van der Waals surface area contributed by atoms with E-state index in [1.807, 2.05) is 6.07 Å². The number of alkyl halides is 2. The molecular formula is C16H23F2NO2. The van der Waals surface area contributed by atoms with Crippen molar-refractivity contribution in [3.8, 4) is 5.75 Å². The van der Waals surface area contributed by atoms with Crippen LogP contribution in [0.4, 0.5) is 8.78 Å². The standard InChI is InChI=1S/C16H23F2NO2/c1-11(2)8-16(3)10-19-9-14(21-16)12-6-4-5-7-13(12)20-15(17)18/h4-7,11,14-15,19H,8-10H2,1-3H3. The van der Waals surface area contributed by atoms with Crippen molar-refractivity contribution in [1.29, 1.82) is 0 Å². The van der Waals surface area contributed by atoms with Crippen LogP contribution in [0.3, 0.4) is 0 Å². The highest BCUT2D eigenvalue weighted by atomic mass is 19.3. The van der Waals surface area contributed by atoms with Crippen LogP contribution >= 0.6 is 0 Å². The number of hydrogen-bond acceptors (Lipinski definition) is 3. The fourth-order valence-electron chi connectivity index (χ4n) is 3.00. The second-order valence-corrected chi connectivity index (χ2v) is 6.20. The van der Waals surface area contributed by atoms with Crippen molar-refractivity contribution in [1.82, 2.24) is 5.32 Å². The normalized spacial score (nSPS) is 26.3. The van der Waals surface area contributed by atoms with Crippen molar-refractivity contribution in [3.63, 3.8) is 0 Å². The van der Waals surface area contributed by atoms with Crippen LogP contribution in [0, 0.1) is 5.92 Å². The summed E-state index contributed by atoms with van der Waals surface area (Å²) < 4.78 is 35.8. The van der Waals surface area contributed by atoms with Crippen molar-refractivity contribution in [3.05, 3.63) is 29.8 Å². The fourth-order valence-corrected chi connectivity index (χ4v) is 3.00. The molecule has 0 amide bonds. The summed E-state index contributed by atoms with van der Waals surface area (Å²) in [6.07, 6.45) is 0.631. The Balaban J connectivity index is 2.18. The third kappa shape index (κ3) is 4.38. The van der Waals surface area contributed by atoms with E-state index in [-0.39, 0.29) is 17.5 Å². The number of nitrogens with one attached hydrogen (secondary N) is 1. The Morgan fingerprint density at radius 3 is 2.76 bits per heavy atom. The molecule has 1 aromatic rings. The van der Waals surface area contributed by atoms with Gasteiger partial charge in [0, 0.05) is 18.7 Å². The van der Waals surface area contributed by atoms with Crippen LogP contribution < -0.4 is 10.1 Å². The number of morpholine rings is 1. The molecule has 0 aliphatic carbocycles. The maximum absolute atomic E-state index is 12.5. The van der Waals surface area contributed by atoms with Crippen LogP contribution in [-0.4, -0.2) is 25.3 Å². The Morgan fingerprint density at radius 1 is 1.38 bits per heavy atom. The highest BCUT2D eigenvalue weighted by Crippen LogP contribution is 2.35. The molecule has 0 saturated carbocycles. The summed E-state index contributed by atoms with van der Waals surface area (Å²) in [4.78, 5) is 0. The smallest absolute Gasteiger partial charge is 0.387 e. The number of para-hydroxylation sites is 1. The van der Waals surface area contributed by atoms with Gasteiger partial charge in [0.2, 0.25) is 0 Å². The first-order valence-electron chi connectivity index (χ1n) is 7.32. The molecule has 2 rings (SSSR count). The molecule has 0 aromatic heterocycles. The van der Waals surface area contributed by atoms with Gasteiger partial charge in [-0.1, -0.05) is 32.0 Å². The molecule has 0 bridgehead atoms. The lowest BCUT2D eigenvalue weighted by Gasteiger charge is -2.40. The predicted octanol–water partition coefficient (Wildman–Crippen LogP) is 3.75. The van der Waals surface area contributed by atoms with E-state index >= 15 is 0 Å². The summed E-state index contributed by atoms with van der Waals surface area (Å²) in [6.45, 7) is 4.88. The Labute approximate surface area is 124 Å². The zero-order chi connectivity index (χ0) is 15.5. The maximum atomic E-state index is 12.5. The van der Waals surface area contributed by atoms with E-state index in [0.717, 1.165) is 13.0 Å². The van der Waals surface area contributed by atoms with Crippen LogP contribution in [0.5, 0.6) is 5.75 Å². The minimum Gasteiger partial charge on any atom is -0.434 e. The lowest BCUT2D eigenvalue weighted by atomic mass is 9.91. The summed E-state index contributed by atoms with van der Waals surface area (Å²) in [7, 11) is 0. The van der Waals surface area contributed by atoms with Crippen LogP contribution in [0.2, 0.25) is 0 Å². The minimum atomic E-state index is -2.83. The zero-order valence-corrected chi connectivity index (χ0v) is 12.7. The molecule has 3 nitrogen and oxygen atoms in total. The molecule has 1 fully saturated rings. The number of rotatable bonds is 5. The Morgan fingerprint density at radius 2 is 2.10 bits per heavy atom. The monoisotopic (exact) mass is 299 g/mol. The highest BCUT2D eigenvalue weighted by Gasteiger charge is 2.35. The van der Waals surface area contributed by atoms with E-state index in [2.05, 4.69) is 30.8 Å². The predicted molar refractivity (Wildman–Crippen MR) is 77.6 cm³/mol. The molecule has 1 aliphatic heterocycles. The van der Waals surface area contributed by atoms with E-state index in [4.69, 9.17) is 4.74 Å². The van der Waals surface area contributed by atoms with Crippen LogP contribution in [0.25, 0.3) is 0 Å². The van der Waals surface area contributed by atoms with Crippen molar-refractivity contribution in [2.24, 2.45) is 5.92 Å². The first-order chi connectivity index (χ1) is 9.89. The van der Waals surface area contributed by atoms with E-state index < -0.39 is 6.61 Å². The van der Waals surface area contributed by atoms with Gasteiger partial charge in [-0.15, -0.1) is 0 Å². The fraction of sp³-hybridized carbons (Fsp3) is 0.625. The molecule has 1 aliphatic rings. The Hall–Kier alpha value is -1.20. The molecular weight excluding hydrogens is 276 g/mol. The molecule has 1 N–H and O–H groups in total. The van der Waals surface area contributed by atoms with Crippen molar-refractivity contribution >= 4 is 0 Å². The number of hydrogen-bond donors (Lipinski definition) is 1.